The minimum Gasteiger partial charge on any atom is -0.465 e. The van der Waals surface area contributed by atoms with Gasteiger partial charge in [0.25, 0.3) is 0 Å². The highest BCUT2D eigenvalue weighted by molar-refractivity contribution is 5.06. The number of aryl methyl sites for hydroxylation is 1. The van der Waals surface area contributed by atoms with Crippen LogP contribution in [0.3, 0.4) is 0 Å². The van der Waals surface area contributed by atoms with Crippen molar-refractivity contribution < 1.29 is 4.42 Å². The molecule has 0 aliphatic rings. The van der Waals surface area contributed by atoms with Gasteiger partial charge in [-0.05, 0) is 32.0 Å². The molecule has 14 heavy (non-hydrogen) atoms. The van der Waals surface area contributed by atoms with Gasteiger partial charge in [0.1, 0.15) is 11.5 Å². The molecule has 0 radical (unpaired) electrons. The van der Waals surface area contributed by atoms with Gasteiger partial charge in [-0.3, -0.25) is 0 Å². The van der Waals surface area contributed by atoms with Gasteiger partial charge in [-0.1, -0.05) is 19.1 Å². The van der Waals surface area contributed by atoms with E-state index in [9.17, 15) is 0 Å². The lowest BCUT2D eigenvalue weighted by Gasteiger charge is -1.99. The molecule has 1 heterocycles. The standard InChI is InChI=1S/C12H19NO/c1-3-5-6-9-13-10-12-8-7-11(4-2)14-12/h3,5,7-8,13H,4,6,9-10H2,1-2H3/b5-3+. The first-order valence-electron chi connectivity index (χ1n) is 5.26. The van der Waals surface area contributed by atoms with Gasteiger partial charge in [-0.15, -0.1) is 0 Å². The third-order valence-corrected chi connectivity index (χ3v) is 2.09. The Bertz CT molecular complexity index is 276. The number of hydrogen-bond acceptors (Lipinski definition) is 2. The average molecular weight is 193 g/mol. The van der Waals surface area contributed by atoms with E-state index in [-0.39, 0.29) is 0 Å². The molecule has 0 spiro atoms. The fourth-order valence-corrected chi connectivity index (χ4v) is 1.27. The number of nitrogens with one attached hydrogen (secondary N) is 1. The first-order chi connectivity index (χ1) is 6.86. The molecule has 0 fully saturated rings. The molecule has 0 atom stereocenters. The highest BCUT2D eigenvalue weighted by Crippen LogP contribution is 2.07. The van der Waals surface area contributed by atoms with Crippen molar-refractivity contribution in [3.05, 3.63) is 35.8 Å². The van der Waals surface area contributed by atoms with Crippen LogP contribution in [0.15, 0.2) is 28.7 Å². The Hall–Kier alpha value is -1.02. The number of allylic oxidation sites excluding steroid dienone is 1. The highest BCUT2D eigenvalue weighted by atomic mass is 16.3. The molecule has 1 aromatic rings. The molecule has 0 saturated heterocycles. The Labute approximate surface area is 86.0 Å². The Balaban J connectivity index is 2.18. The zero-order valence-electron chi connectivity index (χ0n) is 9.05. The van der Waals surface area contributed by atoms with E-state index < -0.39 is 0 Å². The normalized spacial score (nSPS) is 11.3. The van der Waals surface area contributed by atoms with Crippen molar-refractivity contribution in [3.63, 3.8) is 0 Å². The second-order valence-corrected chi connectivity index (χ2v) is 3.26. The molecule has 0 unspecified atom stereocenters. The molecule has 2 nitrogen and oxygen atoms in total. The van der Waals surface area contributed by atoms with Gasteiger partial charge in [0, 0.05) is 6.42 Å². The maximum absolute atomic E-state index is 5.56. The van der Waals surface area contributed by atoms with Crippen LogP contribution in [-0.4, -0.2) is 6.54 Å². The monoisotopic (exact) mass is 193 g/mol. The highest BCUT2D eigenvalue weighted by Gasteiger charge is 1.98. The molecule has 2 heteroatoms. The zero-order valence-corrected chi connectivity index (χ0v) is 9.05. The number of furan rings is 1. The predicted molar refractivity (Wildman–Crippen MR) is 59.2 cm³/mol. The van der Waals surface area contributed by atoms with E-state index >= 15 is 0 Å². The molecule has 0 amide bonds. The van der Waals surface area contributed by atoms with Gasteiger partial charge in [0.15, 0.2) is 0 Å². The Morgan fingerprint density at radius 1 is 1.36 bits per heavy atom. The summed E-state index contributed by atoms with van der Waals surface area (Å²) in [5.41, 5.74) is 0. The third kappa shape index (κ3) is 3.79. The summed E-state index contributed by atoms with van der Waals surface area (Å²) < 4.78 is 5.56. The largest absolute Gasteiger partial charge is 0.465 e. The van der Waals surface area contributed by atoms with Crippen LogP contribution in [0, 0.1) is 0 Å². The maximum atomic E-state index is 5.56. The molecule has 0 aromatic carbocycles. The molecule has 0 bridgehead atoms. The second kappa shape index (κ2) is 6.44. The van der Waals surface area contributed by atoms with Crippen molar-refractivity contribution >= 4 is 0 Å². The van der Waals surface area contributed by atoms with Gasteiger partial charge in [-0.2, -0.15) is 0 Å². The summed E-state index contributed by atoms with van der Waals surface area (Å²) in [6.45, 7) is 5.98. The van der Waals surface area contributed by atoms with Crippen LogP contribution < -0.4 is 5.32 Å². The fraction of sp³-hybridized carbons (Fsp3) is 0.500. The molecule has 1 aromatic heterocycles. The van der Waals surface area contributed by atoms with Crippen LogP contribution in [0.4, 0.5) is 0 Å². The van der Waals surface area contributed by atoms with E-state index in [4.69, 9.17) is 4.42 Å². The van der Waals surface area contributed by atoms with Crippen molar-refractivity contribution in [3.8, 4) is 0 Å². The summed E-state index contributed by atoms with van der Waals surface area (Å²) in [6.07, 6.45) is 6.28. The topological polar surface area (TPSA) is 25.2 Å². The van der Waals surface area contributed by atoms with E-state index in [0.717, 1.165) is 37.5 Å². The quantitative estimate of drug-likeness (QED) is 0.555. The Kier molecular flexibility index (Phi) is 5.08. The Morgan fingerprint density at radius 2 is 2.14 bits per heavy atom. The van der Waals surface area contributed by atoms with Gasteiger partial charge in [0.05, 0.1) is 6.54 Å². The SMILES string of the molecule is C/C=C/CCNCc1ccc(CC)o1. The lowest BCUT2D eigenvalue weighted by Crippen LogP contribution is -2.13. The molecular weight excluding hydrogens is 174 g/mol. The average Bonchev–Trinajstić information content (AvgIpc) is 2.65. The summed E-state index contributed by atoms with van der Waals surface area (Å²) >= 11 is 0. The smallest absolute Gasteiger partial charge is 0.117 e. The van der Waals surface area contributed by atoms with Crippen LogP contribution in [-0.2, 0) is 13.0 Å². The summed E-state index contributed by atoms with van der Waals surface area (Å²) in [7, 11) is 0. The van der Waals surface area contributed by atoms with Gasteiger partial charge >= 0.3 is 0 Å². The van der Waals surface area contributed by atoms with E-state index in [1.54, 1.807) is 0 Å². The van der Waals surface area contributed by atoms with E-state index in [1.165, 1.54) is 0 Å². The molecule has 0 saturated carbocycles. The lowest BCUT2D eigenvalue weighted by molar-refractivity contribution is 0.452. The molecule has 0 aliphatic carbocycles. The van der Waals surface area contributed by atoms with Crippen molar-refractivity contribution in [2.45, 2.75) is 33.2 Å². The lowest BCUT2D eigenvalue weighted by atomic mass is 10.3. The third-order valence-electron chi connectivity index (χ3n) is 2.09. The van der Waals surface area contributed by atoms with Gasteiger partial charge in [0.2, 0.25) is 0 Å². The minimum atomic E-state index is 0.831. The zero-order chi connectivity index (χ0) is 10.2. The summed E-state index contributed by atoms with van der Waals surface area (Å²) in [6, 6.07) is 4.09. The van der Waals surface area contributed by atoms with Crippen LogP contribution in [0.25, 0.3) is 0 Å². The first kappa shape index (κ1) is 11.1. The maximum Gasteiger partial charge on any atom is 0.117 e. The summed E-state index contributed by atoms with van der Waals surface area (Å²) in [5.74, 6) is 2.09. The summed E-state index contributed by atoms with van der Waals surface area (Å²) in [5, 5.41) is 3.33. The van der Waals surface area contributed by atoms with E-state index in [2.05, 4.69) is 24.4 Å². The first-order valence-corrected chi connectivity index (χ1v) is 5.26. The van der Waals surface area contributed by atoms with Crippen LogP contribution >= 0.6 is 0 Å². The van der Waals surface area contributed by atoms with Gasteiger partial charge in [-0.25, -0.2) is 0 Å². The van der Waals surface area contributed by atoms with E-state index in [0.29, 0.717) is 0 Å². The minimum absolute atomic E-state index is 0.831. The molecule has 1 N–H and O–H groups in total. The van der Waals surface area contributed by atoms with Crippen molar-refractivity contribution in [1.29, 1.82) is 0 Å². The summed E-state index contributed by atoms with van der Waals surface area (Å²) in [4.78, 5) is 0. The van der Waals surface area contributed by atoms with Crippen molar-refractivity contribution in [2.24, 2.45) is 0 Å². The van der Waals surface area contributed by atoms with E-state index in [1.807, 2.05) is 19.1 Å². The van der Waals surface area contributed by atoms with Crippen LogP contribution in [0.2, 0.25) is 0 Å². The van der Waals surface area contributed by atoms with Crippen LogP contribution in [0.1, 0.15) is 31.8 Å². The molecule has 1 rings (SSSR count). The van der Waals surface area contributed by atoms with Gasteiger partial charge < -0.3 is 9.73 Å². The second-order valence-electron chi connectivity index (χ2n) is 3.26. The Morgan fingerprint density at radius 3 is 2.79 bits per heavy atom. The molecule has 0 aliphatic heterocycles. The molecule has 78 valence electrons. The fourth-order valence-electron chi connectivity index (χ4n) is 1.27. The number of rotatable bonds is 6. The number of hydrogen-bond donors (Lipinski definition) is 1. The van der Waals surface area contributed by atoms with Crippen LogP contribution in [0.5, 0.6) is 0 Å². The predicted octanol–water partition coefficient (Wildman–Crippen LogP) is 2.90. The van der Waals surface area contributed by atoms with Crippen molar-refractivity contribution in [2.75, 3.05) is 6.54 Å². The van der Waals surface area contributed by atoms with Crippen molar-refractivity contribution in [1.82, 2.24) is 5.32 Å². The molecular formula is C12H19NO.